The third-order valence-corrected chi connectivity index (χ3v) is 3.35. The van der Waals surface area contributed by atoms with Crippen LogP contribution in [0, 0.1) is 0 Å². The molecular weight excluding hydrogens is 348 g/mol. The number of carboxylic acid groups (broad SMARTS) is 1. The lowest BCUT2D eigenvalue weighted by Crippen LogP contribution is -2.55. The molecular formula is C16H17BrN2O3. The summed E-state index contributed by atoms with van der Waals surface area (Å²) in [5.41, 5.74) is 6.48. The lowest BCUT2D eigenvalue weighted by Gasteiger charge is -2.26. The van der Waals surface area contributed by atoms with E-state index in [1.807, 2.05) is 0 Å². The first-order valence-corrected chi connectivity index (χ1v) is 6.36. The molecule has 6 heteroatoms. The summed E-state index contributed by atoms with van der Waals surface area (Å²) in [5, 5.41) is 9.51. The van der Waals surface area contributed by atoms with Crippen molar-refractivity contribution in [3.8, 4) is 0 Å². The maximum Gasteiger partial charge on any atom is 0.336 e. The number of ketones is 1. The second-order valence-electron chi connectivity index (χ2n) is 4.69. The number of hydrogen-bond donors (Lipinski definition) is 3. The van der Waals surface area contributed by atoms with Crippen LogP contribution in [0.25, 0.3) is 0 Å². The Balaban J connectivity index is 0.00000264. The Morgan fingerprint density at radius 2 is 1.55 bits per heavy atom. The van der Waals surface area contributed by atoms with Gasteiger partial charge < -0.3 is 16.6 Å². The first-order chi connectivity index (χ1) is 10.5. The molecule has 0 aromatic heterocycles. The average molecular weight is 366 g/mol. The van der Waals surface area contributed by atoms with Gasteiger partial charge in [-0.2, -0.15) is 0 Å². The molecule has 2 aromatic carbocycles. The normalized spacial score (nSPS) is 14.9. The minimum Gasteiger partial charge on any atom is -0.479 e. The molecule has 5 nitrogen and oxygen atoms in total. The number of carbonyl (C=O) groups excluding carboxylic acids is 1. The Bertz CT molecular complexity index is 670. The monoisotopic (exact) mass is 365 g/mol. The number of aliphatic carboxylic acids is 1. The van der Waals surface area contributed by atoms with Gasteiger partial charge in [0, 0.05) is 0 Å². The van der Waals surface area contributed by atoms with Gasteiger partial charge in [-0.15, -0.1) is 17.0 Å². The van der Waals surface area contributed by atoms with Gasteiger partial charge in [0.2, 0.25) is 5.54 Å². The fourth-order valence-electron chi connectivity index (χ4n) is 2.10. The van der Waals surface area contributed by atoms with Gasteiger partial charge in [-0.05, 0) is 11.1 Å². The van der Waals surface area contributed by atoms with E-state index in [0.717, 1.165) is 0 Å². The molecule has 0 amide bonds. The van der Waals surface area contributed by atoms with Crippen molar-refractivity contribution in [1.82, 2.24) is 0 Å². The van der Waals surface area contributed by atoms with Crippen LogP contribution in [0.15, 0.2) is 60.7 Å². The summed E-state index contributed by atoms with van der Waals surface area (Å²) in [6.45, 7) is 0. The molecule has 0 saturated carbocycles. The van der Waals surface area contributed by atoms with E-state index >= 15 is 0 Å². The summed E-state index contributed by atoms with van der Waals surface area (Å²) in [5.74, 6) is -2.26. The number of Topliss-reactive ketones (excluding diaryl/α,β-unsaturated/α-hetero) is 1. The van der Waals surface area contributed by atoms with Gasteiger partial charge in [0.05, 0.1) is 6.04 Å². The van der Waals surface area contributed by atoms with Crippen LogP contribution < -0.4 is 11.5 Å². The number of benzene rings is 2. The Kier molecular flexibility index (Phi) is 5.43. The lowest BCUT2D eigenvalue weighted by atomic mass is 9.82. The first kappa shape index (κ1) is 16.4. The van der Waals surface area contributed by atoms with Crippen molar-refractivity contribution in [1.29, 1.82) is 0 Å². The van der Waals surface area contributed by atoms with Crippen molar-refractivity contribution in [2.45, 2.75) is 11.6 Å². The highest BCUT2D eigenvalue weighted by molar-refractivity contribution is 8.93. The minimum absolute atomic E-state index is 0. The van der Waals surface area contributed by atoms with Crippen molar-refractivity contribution >= 4 is 28.7 Å². The van der Waals surface area contributed by atoms with Crippen LogP contribution in [0.5, 0.6) is 0 Å². The number of nitrogens with two attached hydrogens (primary N) is 2. The largest absolute Gasteiger partial charge is 0.479 e. The van der Waals surface area contributed by atoms with E-state index in [0.29, 0.717) is 5.56 Å². The summed E-state index contributed by atoms with van der Waals surface area (Å²) in [7, 11) is 0. The molecule has 0 aliphatic rings. The quantitative estimate of drug-likeness (QED) is 0.676. The molecule has 0 saturated heterocycles. The Morgan fingerprint density at radius 1 is 1.05 bits per heavy atom. The van der Waals surface area contributed by atoms with E-state index in [2.05, 4.69) is 5.73 Å². The van der Waals surface area contributed by atoms with Crippen LogP contribution in [0.3, 0.4) is 0 Å². The molecule has 0 heterocycles. The van der Waals surface area contributed by atoms with Gasteiger partial charge >= 0.3 is 5.97 Å². The maximum atomic E-state index is 12.8. The smallest absolute Gasteiger partial charge is 0.336 e. The third-order valence-electron chi connectivity index (χ3n) is 3.35. The van der Waals surface area contributed by atoms with E-state index in [1.165, 1.54) is 12.1 Å². The Morgan fingerprint density at radius 3 is 2.00 bits per heavy atom. The maximum absolute atomic E-state index is 12.8. The topological polar surface area (TPSA) is 106 Å². The van der Waals surface area contributed by atoms with Gasteiger partial charge in [0.1, 0.15) is 1.41 Å². The van der Waals surface area contributed by atoms with Crippen LogP contribution >= 0.6 is 17.0 Å². The molecule has 2 aromatic rings. The molecule has 0 fully saturated rings. The van der Waals surface area contributed by atoms with Gasteiger partial charge in [0.15, 0.2) is 5.78 Å². The third kappa shape index (κ3) is 3.24. The molecule has 2 atom stereocenters. The molecule has 1 unspecified atom stereocenters. The van der Waals surface area contributed by atoms with E-state index in [-0.39, 0.29) is 22.5 Å². The van der Waals surface area contributed by atoms with Gasteiger partial charge in [-0.25, -0.2) is 4.79 Å². The van der Waals surface area contributed by atoms with Crippen molar-refractivity contribution in [2.75, 3.05) is 0 Å². The minimum atomic E-state index is -2.23. The van der Waals surface area contributed by atoms with Crippen LogP contribution in [-0.2, 0) is 15.1 Å². The Labute approximate surface area is 140 Å². The van der Waals surface area contributed by atoms with Gasteiger partial charge in [0.25, 0.3) is 0 Å². The molecule has 0 aliphatic carbocycles. The van der Waals surface area contributed by atoms with Crippen LogP contribution in [0.4, 0.5) is 0 Å². The fraction of sp³-hybridized carbons (Fsp3) is 0.125. The fourth-order valence-corrected chi connectivity index (χ4v) is 2.10. The summed E-state index contributed by atoms with van der Waals surface area (Å²) >= 11 is 0. The van der Waals surface area contributed by atoms with E-state index in [4.69, 9.17) is 7.15 Å². The molecule has 0 spiro atoms. The molecule has 2 rings (SSSR count). The van der Waals surface area contributed by atoms with Crippen molar-refractivity contribution in [3.63, 3.8) is 0 Å². The second kappa shape index (κ2) is 7.31. The van der Waals surface area contributed by atoms with Gasteiger partial charge in [-0.3, -0.25) is 4.79 Å². The molecule has 116 valence electrons. The zero-order chi connectivity index (χ0) is 16.2. The number of carbonyl (C=O) groups is 2. The van der Waals surface area contributed by atoms with Crippen molar-refractivity contribution in [3.05, 3.63) is 71.8 Å². The number of halogens is 1. The molecule has 22 heavy (non-hydrogen) atoms. The lowest BCUT2D eigenvalue weighted by molar-refractivity contribution is -0.149. The predicted molar refractivity (Wildman–Crippen MR) is 88.6 cm³/mol. The first-order valence-electron chi connectivity index (χ1n) is 6.86. The number of hydrogen-bond acceptors (Lipinski definition) is 4. The van der Waals surface area contributed by atoms with E-state index < -0.39 is 23.3 Å². The highest BCUT2D eigenvalue weighted by Gasteiger charge is 2.46. The van der Waals surface area contributed by atoms with E-state index in [9.17, 15) is 14.7 Å². The Hall–Kier alpha value is -2.02. The SMILES string of the molecule is Br.[2H]N[C@@H](C(=O)C(N)(C(=O)O)c1ccccc1)c1ccccc1. The summed E-state index contributed by atoms with van der Waals surface area (Å²) in [6, 6.07) is 15.2. The van der Waals surface area contributed by atoms with E-state index in [1.54, 1.807) is 48.5 Å². The number of carboxylic acids is 1. The summed E-state index contributed by atoms with van der Waals surface area (Å²) in [4.78, 5) is 24.4. The molecule has 0 radical (unpaired) electrons. The summed E-state index contributed by atoms with van der Waals surface area (Å²) < 4.78 is 7.39. The zero-order valence-corrected chi connectivity index (χ0v) is 13.3. The van der Waals surface area contributed by atoms with Crippen LogP contribution in [-0.4, -0.2) is 16.9 Å². The second-order valence-corrected chi connectivity index (χ2v) is 4.69. The molecule has 5 N–H and O–H groups in total. The van der Waals surface area contributed by atoms with Crippen LogP contribution in [0.1, 0.15) is 17.2 Å². The average Bonchev–Trinajstić information content (AvgIpc) is 2.56. The van der Waals surface area contributed by atoms with Crippen molar-refractivity contribution in [2.24, 2.45) is 11.5 Å². The molecule has 0 bridgehead atoms. The summed E-state index contributed by atoms with van der Waals surface area (Å²) in [6.07, 6.45) is 0. The van der Waals surface area contributed by atoms with Crippen molar-refractivity contribution < 1.29 is 16.1 Å². The highest BCUT2D eigenvalue weighted by atomic mass is 79.9. The number of rotatable bonds is 6. The molecule has 0 aliphatic heterocycles. The predicted octanol–water partition coefficient (Wildman–Crippen LogP) is 1.77. The highest BCUT2D eigenvalue weighted by Crippen LogP contribution is 2.26. The van der Waals surface area contributed by atoms with Gasteiger partial charge in [-0.1, -0.05) is 60.7 Å². The van der Waals surface area contributed by atoms with Crippen LogP contribution in [0.2, 0.25) is 1.41 Å². The zero-order valence-electron chi connectivity index (χ0n) is 12.6. The standard InChI is InChI=1S/C16H16N2O3.BrH/c17-13(11-7-3-1-4-8-11)14(19)16(18,15(20)21)12-9-5-2-6-10-12;/h1-10,13H,17-18H2,(H,20,21);1H/t13-,16?;/m1./s1/i/hD.